The topological polar surface area (TPSA) is 62.2 Å². The molecule has 0 saturated carbocycles. The molecule has 0 aliphatic rings. The van der Waals surface area contributed by atoms with Gasteiger partial charge in [0.2, 0.25) is 0 Å². The van der Waals surface area contributed by atoms with E-state index in [1.807, 2.05) is 48.5 Å². The molecule has 4 nitrogen and oxygen atoms in total. The molecule has 2 aromatic carbocycles. The highest BCUT2D eigenvalue weighted by Crippen LogP contribution is 2.30. The summed E-state index contributed by atoms with van der Waals surface area (Å²) in [5.41, 5.74) is 3.44. The molecule has 5 heteroatoms. The number of pyridine rings is 1. The zero-order valence-electron chi connectivity index (χ0n) is 12.1. The maximum atomic E-state index is 11.0. The van der Waals surface area contributed by atoms with Crippen LogP contribution in [-0.4, -0.2) is 16.1 Å². The van der Waals surface area contributed by atoms with Gasteiger partial charge in [0.15, 0.2) is 0 Å². The number of carbonyl (C=O) groups excluding carboxylic acids is 1. The van der Waals surface area contributed by atoms with Crippen LogP contribution in [0, 0.1) is 0 Å². The molecule has 0 fully saturated rings. The van der Waals surface area contributed by atoms with E-state index < -0.39 is 5.91 Å². The minimum atomic E-state index is -0.551. The molecule has 3 aromatic rings. The Labute approximate surface area is 137 Å². The highest BCUT2D eigenvalue weighted by molar-refractivity contribution is 7.99. The Hall–Kier alpha value is -2.63. The summed E-state index contributed by atoms with van der Waals surface area (Å²) in [4.78, 5) is 17.5. The number of nitrogens with zero attached hydrogens (tertiary/aromatic N) is 1. The summed E-state index contributed by atoms with van der Waals surface area (Å²) in [5, 5.41) is 9.59. The Kier molecular flexibility index (Phi) is 4.71. The molecule has 1 amide bonds. The number of amides is 1. The molecule has 23 heavy (non-hydrogen) atoms. The first-order chi connectivity index (χ1) is 11.2. The number of hydroxylamine groups is 1. The van der Waals surface area contributed by atoms with Crippen molar-refractivity contribution in [3.05, 3.63) is 72.4 Å². The molecular weight excluding hydrogens is 308 g/mol. The molecule has 2 N–H and O–H groups in total. The van der Waals surface area contributed by atoms with Crippen LogP contribution in [0.4, 0.5) is 0 Å². The summed E-state index contributed by atoms with van der Waals surface area (Å²) in [5.74, 6) is -0.551. The van der Waals surface area contributed by atoms with Gasteiger partial charge in [-0.25, -0.2) is 5.48 Å². The largest absolute Gasteiger partial charge is 0.288 e. The van der Waals surface area contributed by atoms with Crippen LogP contribution in [0.3, 0.4) is 0 Å². The third-order valence-electron chi connectivity index (χ3n) is 3.21. The third-order valence-corrected chi connectivity index (χ3v) is 4.18. The molecule has 0 aliphatic heterocycles. The Morgan fingerprint density at radius 2 is 1.96 bits per heavy atom. The van der Waals surface area contributed by atoms with Crippen molar-refractivity contribution in [1.29, 1.82) is 0 Å². The highest BCUT2D eigenvalue weighted by atomic mass is 32.2. The van der Waals surface area contributed by atoms with Crippen molar-refractivity contribution in [2.24, 2.45) is 0 Å². The van der Waals surface area contributed by atoms with Gasteiger partial charge in [-0.3, -0.25) is 15.0 Å². The van der Waals surface area contributed by atoms with Crippen molar-refractivity contribution in [3.63, 3.8) is 0 Å². The highest BCUT2D eigenvalue weighted by Gasteiger charge is 2.01. The summed E-state index contributed by atoms with van der Waals surface area (Å²) < 4.78 is 0. The molecule has 0 spiro atoms. The van der Waals surface area contributed by atoms with Crippen molar-refractivity contribution in [1.82, 2.24) is 10.5 Å². The minimum Gasteiger partial charge on any atom is -0.288 e. The molecule has 0 unspecified atom stereocenters. The van der Waals surface area contributed by atoms with Crippen molar-refractivity contribution < 1.29 is 10.0 Å². The van der Waals surface area contributed by atoms with E-state index in [0.717, 1.165) is 26.3 Å². The van der Waals surface area contributed by atoms with E-state index in [2.05, 4.69) is 11.1 Å². The first-order valence-electron chi connectivity index (χ1n) is 6.99. The lowest BCUT2D eigenvalue weighted by molar-refractivity contribution is -0.124. The molecule has 0 radical (unpaired) electrons. The van der Waals surface area contributed by atoms with Crippen molar-refractivity contribution >= 4 is 34.6 Å². The maximum absolute atomic E-state index is 11.0. The first-order valence-corrected chi connectivity index (χ1v) is 7.81. The zero-order chi connectivity index (χ0) is 16.1. The van der Waals surface area contributed by atoms with Gasteiger partial charge in [0.25, 0.3) is 5.91 Å². The maximum Gasteiger partial charge on any atom is 0.267 e. The lowest BCUT2D eigenvalue weighted by Gasteiger charge is -2.04. The number of hydrogen-bond acceptors (Lipinski definition) is 4. The first kappa shape index (κ1) is 15.3. The molecule has 0 aliphatic carbocycles. The summed E-state index contributed by atoms with van der Waals surface area (Å²) in [7, 11) is 0. The second kappa shape index (κ2) is 7.09. The lowest BCUT2D eigenvalue weighted by atomic mass is 10.2. The zero-order valence-corrected chi connectivity index (χ0v) is 13.0. The molecule has 1 heterocycles. The van der Waals surface area contributed by atoms with Gasteiger partial charge in [-0.05, 0) is 48.0 Å². The van der Waals surface area contributed by atoms with Gasteiger partial charge in [-0.15, -0.1) is 0 Å². The predicted molar refractivity (Wildman–Crippen MR) is 91.3 cm³/mol. The van der Waals surface area contributed by atoms with E-state index in [9.17, 15) is 4.79 Å². The standard InChI is InChI=1S/C18H14N2O2S/c21-18(20-22)9-6-13-3-1-5-15(11-13)23-16-7-8-17-14(12-16)4-2-10-19-17/h1-12,22H,(H,20,21)/b9-6+. The van der Waals surface area contributed by atoms with E-state index in [4.69, 9.17) is 5.21 Å². The fraction of sp³-hybridized carbons (Fsp3) is 0. The normalized spacial score (nSPS) is 11.0. The number of carbonyl (C=O) groups is 1. The SMILES string of the molecule is O=C(/C=C/c1cccc(Sc2ccc3ncccc3c2)c1)NO. The van der Waals surface area contributed by atoms with E-state index in [-0.39, 0.29) is 0 Å². The van der Waals surface area contributed by atoms with Crippen LogP contribution < -0.4 is 5.48 Å². The Morgan fingerprint density at radius 3 is 2.83 bits per heavy atom. The second-order valence-corrected chi connectivity index (χ2v) is 5.99. The molecule has 0 saturated heterocycles. The van der Waals surface area contributed by atoms with Gasteiger partial charge in [0, 0.05) is 27.5 Å². The Balaban J connectivity index is 1.81. The average molecular weight is 322 g/mol. The van der Waals surface area contributed by atoms with Gasteiger partial charge >= 0.3 is 0 Å². The molecule has 0 bridgehead atoms. The second-order valence-electron chi connectivity index (χ2n) is 4.84. The minimum absolute atomic E-state index is 0.551. The quantitative estimate of drug-likeness (QED) is 0.434. The van der Waals surface area contributed by atoms with Crippen LogP contribution in [0.25, 0.3) is 17.0 Å². The van der Waals surface area contributed by atoms with E-state index in [1.54, 1.807) is 29.5 Å². The van der Waals surface area contributed by atoms with Gasteiger partial charge in [-0.2, -0.15) is 0 Å². The molecular formula is C18H14N2O2S. The summed E-state index contributed by atoms with van der Waals surface area (Å²) in [6.07, 6.45) is 4.72. The number of benzene rings is 2. The molecule has 114 valence electrons. The Morgan fingerprint density at radius 1 is 1.09 bits per heavy atom. The average Bonchev–Trinajstić information content (AvgIpc) is 2.60. The van der Waals surface area contributed by atoms with E-state index in [1.165, 1.54) is 6.08 Å². The van der Waals surface area contributed by atoms with Crippen molar-refractivity contribution in [2.45, 2.75) is 9.79 Å². The van der Waals surface area contributed by atoms with Crippen LogP contribution >= 0.6 is 11.8 Å². The van der Waals surface area contributed by atoms with Crippen LogP contribution in [0.15, 0.2) is 76.7 Å². The van der Waals surface area contributed by atoms with Crippen LogP contribution in [0.5, 0.6) is 0 Å². The number of hydrogen-bond donors (Lipinski definition) is 2. The van der Waals surface area contributed by atoms with Gasteiger partial charge in [0.05, 0.1) is 5.52 Å². The monoisotopic (exact) mass is 322 g/mol. The number of aromatic nitrogens is 1. The summed E-state index contributed by atoms with van der Waals surface area (Å²) >= 11 is 1.65. The van der Waals surface area contributed by atoms with Crippen LogP contribution in [0.1, 0.15) is 5.56 Å². The van der Waals surface area contributed by atoms with Crippen LogP contribution in [-0.2, 0) is 4.79 Å². The number of nitrogens with one attached hydrogen (secondary N) is 1. The molecule has 3 rings (SSSR count). The van der Waals surface area contributed by atoms with Gasteiger partial charge < -0.3 is 0 Å². The summed E-state index contributed by atoms with van der Waals surface area (Å²) in [6.45, 7) is 0. The van der Waals surface area contributed by atoms with E-state index >= 15 is 0 Å². The fourth-order valence-corrected chi connectivity index (χ4v) is 3.08. The molecule has 0 atom stereocenters. The number of rotatable bonds is 4. The smallest absolute Gasteiger partial charge is 0.267 e. The Bertz CT molecular complexity index is 878. The van der Waals surface area contributed by atoms with Crippen LogP contribution in [0.2, 0.25) is 0 Å². The molecule has 1 aromatic heterocycles. The van der Waals surface area contributed by atoms with Crippen molar-refractivity contribution in [2.75, 3.05) is 0 Å². The predicted octanol–water partition coefficient (Wildman–Crippen LogP) is 3.90. The summed E-state index contributed by atoms with van der Waals surface area (Å²) in [6, 6.07) is 18.0. The lowest BCUT2D eigenvalue weighted by Crippen LogP contribution is -2.14. The fourth-order valence-electron chi connectivity index (χ4n) is 2.14. The van der Waals surface area contributed by atoms with Gasteiger partial charge in [0.1, 0.15) is 0 Å². The third kappa shape index (κ3) is 3.97. The van der Waals surface area contributed by atoms with Gasteiger partial charge in [-0.1, -0.05) is 30.0 Å². The van der Waals surface area contributed by atoms with E-state index in [0.29, 0.717) is 0 Å². The van der Waals surface area contributed by atoms with Crippen molar-refractivity contribution in [3.8, 4) is 0 Å². The number of fused-ring (bicyclic) bond motifs is 1.